The van der Waals surface area contributed by atoms with Crippen molar-refractivity contribution in [2.24, 2.45) is 11.7 Å². The number of hydrogen-bond acceptors (Lipinski definition) is 4. The number of nitrogens with two attached hydrogens (primary N) is 1. The van der Waals surface area contributed by atoms with Gasteiger partial charge in [-0.25, -0.2) is 0 Å². The monoisotopic (exact) mass is 287 g/mol. The van der Waals surface area contributed by atoms with E-state index in [0.717, 1.165) is 25.4 Å². The summed E-state index contributed by atoms with van der Waals surface area (Å²) in [6.45, 7) is 5.63. The van der Waals surface area contributed by atoms with E-state index in [0.29, 0.717) is 24.1 Å². The molecule has 114 valence electrons. The van der Waals surface area contributed by atoms with Crippen LogP contribution in [0.1, 0.15) is 31.7 Å². The van der Waals surface area contributed by atoms with Gasteiger partial charge in [-0.15, -0.1) is 0 Å². The number of hydrogen-bond donors (Lipinski definition) is 1. The van der Waals surface area contributed by atoms with Crippen LogP contribution < -0.4 is 10.5 Å². The Labute approximate surface area is 127 Å². The van der Waals surface area contributed by atoms with E-state index in [1.165, 1.54) is 19.3 Å². The van der Waals surface area contributed by atoms with Gasteiger partial charge in [0.15, 0.2) is 0 Å². The quantitative estimate of drug-likeness (QED) is 0.836. The number of ether oxygens (including phenoxy) is 1. The van der Waals surface area contributed by atoms with Crippen LogP contribution in [0.25, 0.3) is 0 Å². The van der Waals surface area contributed by atoms with E-state index in [-0.39, 0.29) is 0 Å². The van der Waals surface area contributed by atoms with Gasteiger partial charge in [0.1, 0.15) is 12.4 Å². The molecule has 0 amide bonds. The highest BCUT2D eigenvalue weighted by atomic mass is 16.5. The second kappa shape index (κ2) is 8.02. The Morgan fingerprint density at radius 2 is 2.10 bits per heavy atom. The summed E-state index contributed by atoms with van der Waals surface area (Å²) in [4.78, 5) is 2.49. The van der Waals surface area contributed by atoms with Gasteiger partial charge in [-0.2, -0.15) is 5.26 Å². The van der Waals surface area contributed by atoms with E-state index in [1.807, 2.05) is 12.1 Å². The summed E-state index contributed by atoms with van der Waals surface area (Å²) in [5.41, 5.74) is 6.54. The van der Waals surface area contributed by atoms with E-state index in [2.05, 4.69) is 17.9 Å². The highest BCUT2D eigenvalue weighted by Gasteiger charge is 2.30. The van der Waals surface area contributed by atoms with Crippen molar-refractivity contribution in [3.05, 3.63) is 29.8 Å². The molecule has 0 aromatic heterocycles. The third-order valence-corrected chi connectivity index (χ3v) is 4.43. The maximum atomic E-state index is 8.77. The zero-order valence-electron chi connectivity index (χ0n) is 12.8. The molecule has 0 aliphatic heterocycles. The summed E-state index contributed by atoms with van der Waals surface area (Å²) in [7, 11) is 0. The minimum absolute atomic E-state index is 0.615. The van der Waals surface area contributed by atoms with Gasteiger partial charge >= 0.3 is 0 Å². The van der Waals surface area contributed by atoms with Gasteiger partial charge in [0.2, 0.25) is 0 Å². The molecule has 1 aromatic rings. The average Bonchev–Trinajstić information content (AvgIpc) is 3.00. The predicted molar refractivity (Wildman–Crippen MR) is 84.1 cm³/mol. The van der Waals surface area contributed by atoms with Gasteiger partial charge in [-0.05, 0) is 56.1 Å². The van der Waals surface area contributed by atoms with E-state index in [1.54, 1.807) is 12.1 Å². The number of nitrogens with zero attached hydrogens (tertiary/aromatic N) is 2. The third-order valence-electron chi connectivity index (χ3n) is 4.43. The Morgan fingerprint density at radius 3 is 2.71 bits per heavy atom. The molecular formula is C17H25N3O. The number of nitriles is 1. The summed E-state index contributed by atoms with van der Waals surface area (Å²) in [6.07, 6.45) is 3.81. The van der Waals surface area contributed by atoms with Crippen LogP contribution in [-0.2, 0) is 0 Å². The van der Waals surface area contributed by atoms with E-state index in [9.17, 15) is 0 Å². The lowest BCUT2D eigenvalue weighted by molar-refractivity contribution is 0.141. The first-order valence-corrected chi connectivity index (χ1v) is 7.85. The van der Waals surface area contributed by atoms with Crippen LogP contribution in [-0.4, -0.2) is 37.2 Å². The van der Waals surface area contributed by atoms with Crippen LogP contribution in [0.4, 0.5) is 0 Å². The standard InChI is InChI=1S/C17H25N3O/c1-2-20(17-5-3-4-15(17)13-19)10-11-21-16-8-6-14(12-18)7-9-16/h6-9,15,17H,2-5,10-11,13,19H2,1H3. The molecule has 2 N–H and O–H groups in total. The molecule has 1 aromatic carbocycles. The smallest absolute Gasteiger partial charge is 0.119 e. The van der Waals surface area contributed by atoms with Crippen molar-refractivity contribution in [3.8, 4) is 11.8 Å². The van der Waals surface area contributed by atoms with Gasteiger partial charge in [-0.1, -0.05) is 13.3 Å². The highest BCUT2D eigenvalue weighted by molar-refractivity contribution is 5.34. The molecular weight excluding hydrogens is 262 g/mol. The van der Waals surface area contributed by atoms with Crippen LogP contribution >= 0.6 is 0 Å². The molecule has 4 nitrogen and oxygen atoms in total. The molecule has 2 unspecified atom stereocenters. The fraction of sp³-hybridized carbons (Fsp3) is 0.588. The molecule has 4 heteroatoms. The molecule has 1 saturated carbocycles. The maximum Gasteiger partial charge on any atom is 0.119 e. The van der Waals surface area contributed by atoms with Gasteiger partial charge in [-0.3, -0.25) is 4.90 Å². The molecule has 0 heterocycles. The van der Waals surface area contributed by atoms with Crippen LogP contribution in [0.15, 0.2) is 24.3 Å². The summed E-state index contributed by atoms with van der Waals surface area (Å²) < 4.78 is 5.78. The fourth-order valence-electron chi connectivity index (χ4n) is 3.24. The highest BCUT2D eigenvalue weighted by Crippen LogP contribution is 2.29. The predicted octanol–water partition coefficient (Wildman–Crippen LogP) is 2.39. The number of benzene rings is 1. The molecule has 1 aliphatic rings. The second-order valence-corrected chi connectivity index (χ2v) is 5.61. The summed E-state index contributed by atoms with van der Waals surface area (Å²) >= 11 is 0. The average molecular weight is 287 g/mol. The Bertz CT molecular complexity index is 466. The minimum Gasteiger partial charge on any atom is -0.492 e. The van der Waals surface area contributed by atoms with Crippen molar-refractivity contribution in [1.29, 1.82) is 5.26 Å². The van der Waals surface area contributed by atoms with Gasteiger partial charge < -0.3 is 10.5 Å². The summed E-state index contributed by atoms with van der Waals surface area (Å²) in [6, 6.07) is 10.0. The third kappa shape index (κ3) is 4.20. The fourth-order valence-corrected chi connectivity index (χ4v) is 3.24. The number of likely N-dealkylation sites (N-methyl/N-ethyl adjacent to an activating group) is 1. The van der Waals surface area contributed by atoms with E-state index < -0.39 is 0 Å². The normalized spacial score (nSPS) is 21.4. The Balaban J connectivity index is 1.81. The first kappa shape index (κ1) is 15.8. The largest absolute Gasteiger partial charge is 0.492 e. The molecule has 1 aliphatic carbocycles. The van der Waals surface area contributed by atoms with E-state index in [4.69, 9.17) is 15.7 Å². The zero-order chi connectivity index (χ0) is 15.1. The lowest BCUT2D eigenvalue weighted by atomic mass is 10.0. The SMILES string of the molecule is CCN(CCOc1ccc(C#N)cc1)C1CCCC1CN. The molecule has 0 bridgehead atoms. The Morgan fingerprint density at radius 1 is 1.33 bits per heavy atom. The topological polar surface area (TPSA) is 62.3 Å². The number of rotatable bonds is 7. The Hall–Kier alpha value is -1.57. The van der Waals surface area contributed by atoms with Crippen LogP contribution in [0, 0.1) is 17.2 Å². The molecule has 1 fully saturated rings. The summed E-state index contributed by atoms with van der Waals surface area (Å²) in [5.74, 6) is 1.46. The molecule has 0 radical (unpaired) electrons. The van der Waals surface area contributed by atoms with Crippen molar-refractivity contribution in [1.82, 2.24) is 4.90 Å². The van der Waals surface area contributed by atoms with Crippen molar-refractivity contribution in [3.63, 3.8) is 0 Å². The van der Waals surface area contributed by atoms with Crippen LogP contribution in [0.3, 0.4) is 0 Å². The lowest BCUT2D eigenvalue weighted by Crippen LogP contribution is -2.42. The molecule has 21 heavy (non-hydrogen) atoms. The minimum atomic E-state index is 0.615. The van der Waals surface area contributed by atoms with Gasteiger partial charge in [0.05, 0.1) is 11.6 Å². The van der Waals surface area contributed by atoms with Crippen molar-refractivity contribution < 1.29 is 4.74 Å². The molecule has 2 atom stereocenters. The molecule has 2 rings (SSSR count). The molecule has 0 saturated heterocycles. The van der Waals surface area contributed by atoms with Crippen molar-refractivity contribution in [2.75, 3.05) is 26.2 Å². The Kier molecular flexibility index (Phi) is 6.04. The summed E-state index contributed by atoms with van der Waals surface area (Å²) in [5, 5.41) is 8.77. The first-order chi connectivity index (χ1) is 10.3. The van der Waals surface area contributed by atoms with E-state index >= 15 is 0 Å². The van der Waals surface area contributed by atoms with Gasteiger partial charge in [0, 0.05) is 12.6 Å². The van der Waals surface area contributed by atoms with Crippen LogP contribution in [0.2, 0.25) is 0 Å². The molecule has 0 spiro atoms. The van der Waals surface area contributed by atoms with Crippen molar-refractivity contribution >= 4 is 0 Å². The van der Waals surface area contributed by atoms with Crippen molar-refractivity contribution in [2.45, 2.75) is 32.2 Å². The maximum absolute atomic E-state index is 8.77. The lowest BCUT2D eigenvalue weighted by Gasteiger charge is -2.31. The first-order valence-electron chi connectivity index (χ1n) is 7.85. The van der Waals surface area contributed by atoms with Gasteiger partial charge in [0.25, 0.3) is 0 Å². The van der Waals surface area contributed by atoms with Crippen LogP contribution in [0.5, 0.6) is 5.75 Å². The zero-order valence-corrected chi connectivity index (χ0v) is 12.8. The second-order valence-electron chi connectivity index (χ2n) is 5.61.